The summed E-state index contributed by atoms with van der Waals surface area (Å²) in [6, 6.07) is 3.75. The molecule has 5 heteroatoms. The van der Waals surface area contributed by atoms with Gasteiger partial charge in [-0.25, -0.2) is 9.78 Å². The quantitative estimate of drug-likeness (QED) is 0.800. The molecule has 0 amide bonds. The first-order valence-corrected chi connectivity index (χ1v) is 6.16. The van der Waals surface area contributed by atoms with Gasteiger partial charge in [0.15, 0.2) is 0 Å². The number of hydrogen-bond donors (Lipinski definition) is 0. The first kappa shape index (κ1) is 12.8. The molecule has 0 aliphatic carbocycles. The van der Waals surface area contributed by atoms with Crippen molar-refractivity contribution in [3.63, 3.8) is 0 Å². The summed E-state index contributed by atoms with van der Waals surface area (Å²) < 4.78 is 4.92. The molecule has 0 aromatic carbocycles. The normalized spacial score (nSPS) is 10.6. The third kappa shape index (κ3) is 2.29. The van der Waals surface area contributed by atoms with E-state index in [1.54, 1.807) is 6.92 Å². The number of carbonyl (C=O) groups excluding carboxylic acids is 1. The van der Waals surface area contributed by atoms with E-state index < -0.39 is 5.97 Å². The van der Waals surface area contributed by atoms with Gasteiger partial charge >= 0.3 is 5.97 Å². The summed E-state index contributed by atoms with van der Waals surface area (Å²) in [4.78, 5) is 20.3. The van der Waals surface area contributed by atoms with Crippen molar-refractivity contribution in [3.05, 3.63) is 34.6 Å². The van der Waals surface area contributed by atoms with Crippen molar-refractivity contribution >= 4 is 28.6 Å². The Kier molecular flexibility index (Phi) is 3.77. The molecule has 0 spiro atoms. The maximum absolute atomic E-state index is 11.7. The van der Waals surface area contributed by atoms with E-state index in [1.165, 1.54) is 6.20 Å². The van der Waals surface area contributed by atoms with Gasteiger partial charge in [-0.15, -0.1) is 0 Å². The largest absolute Gasteiger partial charge is 0.462 e. The molecule has 2 heterocycles. The molecule has 0 bridgehead atoms. The van der Waals surface area contributed by atoms with Crippen LogP contribution in [-0.4, -0.2) is 22.5 Å². The number of hydrogen-bond acceptors (Lipinski definition) is 4. The molecule has 94 valence electrons. The molecule has 0 fully saturated rings. The second-order valence-electron chi connectivity index (χ2n) is 3.73. The van der Waals surface area contributed by atoms with Gasteiger partial charge in [0, 0.05) is 11.9 Å². The maximum Gasteiger partial charge on any atom is 0.341 e. The lowest BCUT2D eigenvalue weighted by Crippen LogP contribution is -2.06. The van der Waals surface area contributed by atoms with Gasteiger partial charge in [0.25, 0.3) is 0 Å². The van der Waals surface area contributed by atoms with Crippen molar-refractivity contribution in [2.24, 2.45) is 0 Å². The zero-order chi connectivity index (χ0) is 13.1. The van der Waals surface area contributed by atoms with Gasteiger partial charge in [0.2, 0.25) is 0 Å². The Bertz CT molecular complexity index is 599. The molecule has 18 heavy (non-hydrogen) atoms. The van der Waals surface area contributed by atoms with Crippen LogP contribution in [0.15, 0.2) is 18.3 Å². The summed E-state index contributed by atoms with van der Waals surface area (Å²) in [6.45, 7) is 4.05. The van der Waals surface area contributed by atoms with Crippen LogP contribution in [0.3, 0.4) is 0 Å². The van der Waals surface area contributed by atoms with Crippen LogP contribution in [0.25, 0.3) is 11.0 Å². The molecule has 0 saturated carbocycles. The fourth-order valence-electron chi connectivity index (χ4n) is 1.62. The van der Waals surface area contributed by atoms with Crippen LogP contribution in [0.1, 0.15) is 29.9 Å². The third-order valence-electron chi connectivity index (χ3n) is 2.57. The number of esters is 1. The van der Waals surface area contributed by atoms with Crippen LogP contribution in [0.4, 0.5) is 0 Å². The monoisotopic (exact) mass is 264 g/mol. The van der Waals surface area contributed by atoms with Gasteiger partial charge in [0.1, 0.15) is 5.52 Å². The minimum Gasteiger partial charge on any atom is -0.462 e. The Morgan fingerprint density at radius 1 is 1.39 bits per heavy atom. The Morgan fingerprint density at radius 3 is 2.83 bits per heavy atom. The van der Waals surface area contributed by atoms with E-state index in [-0.39, 0.29) is 5.56 Å². The van der Waals surface area contributed by atoms with Gasteiger partial charge in [0.05, 0.1) is 22.7 Å². The number of aryl methyl sites for hydroxylation is 1. The van der Waals surface area contributed by atoms with Crippen molar-refractivity contribution in [3.8, 4) is 0 Å². The number of fused-ring (bicyclic) bond motifs is 1. The smallest absolute Gasteiger partial charge is 0.341 e. The molecule has 2 aromatic heterocycles. The van der Waals surface area contributed by atoms with Gasteiger partial charge in [-0.3, -0.25) is 4.98 Å². The number of carbonyl (C=O) groups is 1. The van der Waals surface area contributed by atoms with E-state index in [2.05, 4.69) is 9.97 Å². The molecule has 0 aliphatic heterocycles. The molecule has 2 rings (SSSR count). The molecule has 2 aromatic rings. The van der Waals surface area contributed by atoms with Crippen LogP contribution >= 0.6 is 11.6 Å². The summed E-state index contributed by atoms with van der Waals surface area (Å²) in [6.07, 6.45) is 2.23. The zero-order valence-electron chi connectivity index (χ0n) is 10.2. The molecular formula is C13H13ClN2O2. The van der Waals surface area contributed by atoms with Gasteiger partial charge in [-0.1, -0.05) is 18.5 Å². The average molecular weight is 265 g/mol. The highest BCUT2D eigenvalue weighted by Crippen LogP contribution is 2.25. The molecule has 0 aliphatic rings. The molecule has 0 N–H and O–H groups in total. The van der Waals surface area contributed by atoms with Gasteiger partial charge < -0.3 is 4.74 Å². The molecule has 4 nitrogen and oxygen atoms in total. The van der Waals surface area contributed by atoms with Crippen LogP contribution in [-0.2, 0) is 11.2 Å². The Hall–Kier alpha value is -1.68. The second kappa shape index (κ2) is 5.31. The van der Waals surface area contributed by atoms with Gasteiger partial charge in [-0.05, 0) is 25.5 Å². The Balaban J connectivity index is 2.58. The van der Waals surface area contributed by atoms with Crippen molar-refractivity contribution in [2.75, 3.05) is 6.61 Å². The number of halogens is 1. The van der Waals surface area contributed by atoms with E-state index in [4.69, 9.17) is 16.3 Å². The van der Waals surface area contributed by atoms with E-state index in [0.717, 1.165) is 12.1 Å². The average Bonchev–Trinajstić information content (AvgIpc) is 2.39. The zero-order valence-corrected chi connectivity index (χ0v) is 11.0. The number of rotatable bonds is 3. The summed E-state index contributed by atoms with van der Waals surface area (Å²) >= 11 is 6.20. The van der Waals surface area contributed by atoms with Crippen LogP contribution in [0.5, 0.6) is 0 Å². The molecule has 0 unspecified atom stereocenters. The van der Waals surface area contributed by atoms with E-state index in [1.807, 2.05) is 19.1 Å². The summed E-state index contributed by atoms with van der Waals surface area (Å²) in [5.41, 5.74) is 2.38. The number of ether oxygens (including phenoxy) is 1. The number of pyridine rings is 2. The minimum absolute atomic E-state index is 0.256. The standard InChI is InChI=1S/C13H13ClN2O2/c1-3-8-5-6-10-12(16-8)11(14)9(7-15-10)13(17)18-4-2/h5-7H,3-4H2,1-2H3. The molecular weight excluding hydrogens is 252 g/mol. The lowest BCUT2D eigenvalue weighted by atomic mass is 10.2. The lowest BCUT2D eigenvalue weighted by molar-refractivity contribution is 0.0526. The van der Waals surface area contributed by atoms with Crippen molar-refractivity contribution in [2.45, 2.75) is 20.3 Å². The molecule has 0 saturated heterocycles. The third-order valence-corrected chi connectivity index (χ3v) is 2.95. The lowest BCUT2D eigenvalue weighted by Gasteiger charge is -2.06. The first-order chi connectivity index (χ1) is 8.67. The van der Waals surface area contributed by atoms with Crippen LogP contribution in [0.2, 0.25) is 5.02 Å². The van der Waals surface area contributed by atoms with Crippen LogP contribution in [0, 0.1) is 0 Å². The topological polar surface area (TPSA) is 52.1 Å². The highest BCUT2D eigenvalue weighted by Gasteiger charge is 2.16. The van der Waals surface area contributed by atoms with Crippen molar-refractivity contribution in [1.82, 2.24) is 9.97 Å². The first-order valence-electron chi connectivity index (χ1n) is 5.78. The van der Waals surface area contributed by atoms with Gasteiger partial charge in [-0.2, -0.15) is 0 Å². The summed E-state index contributed by atoms with van der Waals surface area (Å²) in [5.74, 6) is -0.472. The highest BCUT2D eigenvalue weighted by molar-refractivity contribution is 6.37. The van der Waals surface area contributed by atoms with E-state index >= 15 is 0 Å². The fourth-order valence-corrected chi connectivity index (χ4v) is 1.89. The predicted octanol–water partition coefficient (Wildman–Crippen LogP) is 3.02. The molecule has 0 radical (unpaired) electrons. The van der Waals surface area contributed by atoms with Crippen LogP contribution < -0.4 is 0 Å². The number of nitrogens with zero attached hydrogens (tertiary/aromatic N) is 2. The van der Waals surface area contributed by atoms with Crippen molar-refractivity contribution < 1.29 is 9.53 Å². The predicted molar refractivity (Wildman–Crippen MR) is 69.9 cm³/mol. The SMILES string of the molecule is CCOC(=O)c1cnc2ccc(CC)nc2c1Cl. The molecule has 0 atom stereocenters. The number of aromatic nitrogens is 2. The highest BCUT2D eigenvalue weighted by atomic mass is 35.5. The van der Waals surface area contributed by atoms with E-state index in [9.17, 15) is 4.79 Å². The fraction of sp³-hybridized carbons (Fsp3) is 0.308. The minimum atomic E-state index is -0.472. The van der Waals surface area contributed by atoms with E-state index in [0.29, 0.717) is 22.7 Å². The second-order valence-corrected chi connectivity index (χ2v) is 4.11. The Morgan fingerprint density at radius 2 is 2.17 bits per heavy atom. The van der Waals surface area contributed by atoms with Crippen molar-refractivity contribution in [1.29, 1.82) is 0 Å². The summed E-state index contributed by atoms with van der Waals surface area (Å²) in [5, 5.41) is 0.300. The Labute approximate surface area is 110 Å². The summed E-state index contributed by atoms with van der Waals surface area (Å²) in [7, 11) is 0. The maximum atomic E-state index is 11.7.